The van der Waals surface area contributed by atoms with Crippen molar-refractivity contribution < 1.29 is 4.79 Å². The van der Waals surface area contributed by atoms with E-state index in [1.807, 2.05) is 0 Å². The number of benzene rings is 2. The Labute approximate surface area is 157 Å². The van der Waals surface area contributed by atoms with Crippen LogP contribution in [0.2, 0.25) is 0 Å². The van der Waals surface area contributed by atoms with Crippen LogP contribution in [-0.4, -0.2) is 44.0 Å². The van der Waals surface area contributed by atoms with E-state index >= 15 is 0 Å². The first kappa shape index (κ1) is 20.0. The van der Waals surface area contributed by atoms with E-state index in [1.54, 1.807) is 7.05 Å². The van der Waals surface area contributed by atoms with Crippen LogP contribution in [0.3, 0.4) is 0 Å². The number of aryl methyl sites for hydroxylation is 2. The number of hydrogen-bond acceptors (Lipinski definition) is 3. The molecule has 0 spiro atoms. The second kappa shape index (κ2) is 9.97. The molecule has 1 saturated heterocycles. The first-order valence-corrected chi connectivity index (χ1v) is 9.26. The summed E-state index contributed by atoms with van der Waals surface area (Å²) in [5, 5.41) is 2.39. The fraction of sp³-hybridized carbons (Fsp3) is 0.409. The van der Waals surface area contributed by atoms with Crippen molar-refractivity contribution in [2.24, 2.45) is 0 Å². The number of nitrogens with zero attached hydrogens (tertiary/aromatic N) is 2. The minimum Gasteiger partial charge on any atom is -0.369 e. The highest BCUT2D eigenvalue weighted by atomic mass is 16.1. The van der Waals surface area contributed by atoms with Crippen LogP contribution in [0.1, 0.15) is 23.6 Å². The molecule has 1 aliphatic heterocycles. The standard InChI is InChI=1S/C19H24N2.C3H7NO/c1-16-12-17(2)14-18(13-16)15-20-8-10-21(11-9-20)19-6-4-3-5-7-19;1-3(5)4-2/h3-7,12-14H,8-11,15H2,1-2H3;1-2H3,(H,4,5). The van der Waals surface area contributed by atoms with Crippen molar-refractivity contribution in [2.45, 2.75) is 27.3 Å². The highest BCUT2D eigenvalue weighted by Gasteiger charge is 2.17. The number of anilines is 1. The molecule has 140 valence electrons. The molecule has 0 unspecified atom stereocenters. The Bertz CT molecular complexity index is 672. The molecular weight excluding hydrogens is 322 g/mol. The topological polar surface area (TPSA) is 35.6 Å². The molecule has 1 fully saturated rings. The number of nitrogens with one attached hydrogen (secondary N) is 1. The van der Waals surface area contributed by atoms with Crippen LogP contribution in [0.15, 0.2) is 48.5 Å². The third kappa shape index (κ3) is 6.52. The Morgan fingerprint density at radius 3 is 2.00 bits per heavy atom. The quantitative estimate of drug-likeness (QED) is 0.919. The molecule has 0 saturated carbocycles. The molecular formula is C22H31N3O. The van der Waals surface area contributed by atoms with E-state index in [9.17, 15) is 4.79 Å². The van der Waals surface area contributed by atoms with E-state index in [4.69, 9.17) is 0 Å². The van der Waals surface area contributed by atoms with Gasteiger partial charge in [0.15, 0.2) is 0 Å². The second-order valence-electron chi connectivity index (χ2n) is 6.90. The Hall–Kier alpha value is -2.33. The molecule has 0 aliphatic carbocycles. The average Bonchev–Trinajstić information content (AvgIpc) is 2.63. The van der Waals surface area contributed by atoms with Gasteiger partial charge in [-0.1, -0.05) is 47.5 Å². The van der Waals surface area contributed by atoms with Crippen LogP contribution in [0.25, 0.3) is 0 Å². The van der Waals surface area contributed by atoms with Gasteiger partial charge in [-0.05, 0) is 31.5 Å². The molecule has 1 amide bonds. The van der Waals surface area contributed by atoms with E-state index in [1.165, 1.54) is 29.3 Å². The van der Waals surface area contributed by atoms with Crippen LogP contribution < -0.4 is 10.2 Å². The number of para-hydroxylation sites is 1. The van der Waals surface area contributed by atoms with Crippen molar-refractivity contribution in [3.63, 3.8) is 0 Å². The van der Waals surface area contributed by atoms with Crippen LogP contribution in [0.4, 0.5) is 5.69 Å². The average molecular weight is 354 g/mol. The van der Waals surface area contributed by atoms with Crippen LogP contribution in [-0.2, 0) is 11.3 Å². The Morgan fingerprint density at radius 1 is 0.962 bits per heavy atom. The lowest BCUT2D eigenvalue weighted by Crippen LogP contribution is -2.45. The number of amides is 1. The van der Waals surface area contributed by atoms with Crippen molar-refractivity contribution in [2.75, 3.05) is 38.1 Å². The summed E-state index contributed by atoms with van der Waals surface area (Å²) in [5.41, 5.74) is 5.53. The molecule has 4 nitrogen and oxygen atoms in total. The molecule has 4 heteroatoms. The maximum absolute atomic E-state index is 9.70. The first-order valence-electron chi connectivity index (χ1n) is 9.26. The molecule has 0 radical (unpaired) electrons. The minimum absolute atomic E-state index is 0.00463. The Morgan fingerprint density at radius 2 is 1.50 bits per heavy atom. The van der Waals surface area contributed by atoms with Gasteiger partial charge in [-0.25, -0.2) is 0 Å². The monoisotopic (exact) mass is 353 g/mol. The molecule has 1 heterocycles. The molecule has 2 aromatic rings. The van der Waals surface area contributed by atoms with Gasteiger partial charge in [-0.3, -0.25) is 9.69 Å². The lowest BCUT2D eigenvalue weighted by atomic mass is 10.1. The summed E-state index contributed by atoms with van der Waals surface area (Å²) in [7, 11) is 1.60. The van der Waals surface area contributed by atoms with Gasteiger partial charge in [-0.15, -0.1) is 0 Å². The summed E-state index contributed by atoms with van der Waals surface area (Å²) in [6.45, 7) is 11.4. The van der Waals surface area contributed by atoms with Gasteiger partial charge in [0.25, 0.3) is 0 Å². The maximum atomic E-state index is 9.70. The molecule has 0 aromatic heterocycles. The van der Waals surface area contributed by atoms with E-state index in [-0.39, 0.29) is 5.91 Å². The van der Waals surface area contributed by atoms with Gasteiger partial charge in [0.05, 0.1) is 0 Å². The maximum Gasteiger partial charge on any atom is 0.216 e. The molecule has 1 N–H and O–H groups in total. The number of hydrogen-bond donors (Lipinski definition) is 1. The summed E-state index contributed by atoms with van der Waals surface area (Å²) in [6, 6.07) is 17.6. The van der Waals surface area contributed by atoms with Crippen molar-refractivity contribution >= 4 is 11.6 Å². The van der Waals surface area contributed by atoms with Crippen LogP contribution in [0.5, 0.6) is 0 Å². The highest BCUT2D eigenvalue weighted by Crippen LogP contribution is 2.17. The summed E-state index contributed by atoms with van der Waals surface area (Å²) in [6.07, 6.45) is 0. The van der Waals surface area contributed by atoms with Crippen LogP contribution >= 0.6 is 0 Å². The number of rotatable bonds is 3. The number of piperazine rings is 1. The van der Waals surface area contributed by atoms with Gasteiger partial charge < -0.3 is 10.2 Å². The normalized spacial score (nSPS) is 14.4. The zero-order valence-corrected chi connectivity index (χ0v) is 16.5. The zero-order valence-electron chi connectivity index (χ0n) is 16.5. The van der Waals surface area contributed by atoms with Crippen molar-refractivity contribution in [3.05, 3.63) is 65.2 Å². The smallest absolute Gasteiger partial charge is 0.216 e. The minimum atomic E-state index is 0.00463. The molecule has 2 aromatic carbocycles. The van der Waals surface area contributed by atoms with Gasteiger partial charge in [0.2, 0.25) is 5.91 Å². The molecule has 0 atom stereocenters. The fourth-order valence-corrected chi connectivity index (χ4v) is 3.22. The van der Waals surface area contributed by atoms with E-state index in [0.717, 1.165) is 32.7 Å². The first-order chi connectivity index (χ1) is 12.5. The van der Waals surface area contributed by atoms with Crippen molar-refractivity contribution in [3.8, 4) is 0 Å². The molecule has 1 aliphatic rings. The summed E-state index contributed by atoms with van der Waals surface area (Å²) in [5.74, 6) is 0.00463. The van der Waals surface area contributed by atoms with E-state index < -0.39 is 0 Å². The van der Waals surface area contributed by atoms with Crippen molar-refractivity contribution in [1.29, 1.82) is 0 Å². The lowest BCUT2D eigenvalue weighted by Gasteiger charge is -2.36. The highest BCUT2D eigenvalue weighted by molar-refractivity contribution is 5.72. The fourth-order valence-electron chi connectivity index (χ4n) is 3.22. The predicted molar refractivity (Wildman–Crippen MR) is 110 cm³/mol. The van der Waals surface area contributed by atoms with Gasteiger partial charge in [0.1, 0.15) is 0 Å². The third-order valence-corrected chi connectivity index (χ3v) is 4.53. The van der Waals surface area contributed by atoms with Gasteiger partial charge in [-0.2, -0.15) is 0 Å². The summed E-state index contributed by atoms with van der Waals surface area (Å²) < 4.78 is 0. The summed E-state index contributed by atoms with van der Waals surface area (Å²) in [4.78, 5) is 14.7. The van der Waals surface area contributed by atoms with E-state index in [2.05, 4.69) is 77.5 Å². The lowest BCUT2D eigenvalue weighted by molar-refractivity contribution is -0.118. The number of carbonyl (C=O) groups is 1. The van der Waals surface area contributed by atoms with Crippen LogP contribution in [0, 0.1) is 13.8 Å². The molecule has 26 heavy (non-hydrogen) atoms. The Kier molecular flexibility index (Phi) is 7.67. The molecule has 0 bridgehead atoms. The van der Waals surface area contributed by atoms with E-state index in [0.29, 0.717) is 0 Å². The number of carbonyl (C=O) groups excluding carboxylic acids is 1. The van der Waals surface area contributed by atoms with Gasteiger partial charge >= 0.3 is 0 Å². The van der Waals surface area contributed by atoms with Crippen molar-refractivity contribution in [1.82, 2.24) is 10.2 Å². The second-order valence-corrected chi connectivity index (χ2v) is 6.90. The predicted octanol–water partition coefficient (Wildman–Crippen LogP) is 3.38. The third-order valence-electron chi connectivity index (χ3n) is 4.53. The summed E-state index contributed by atoms with van der Waals surface area (Å²) >= 11 is 0. The SMILES string of the molecule is CNC(C)=O.Cc1cc(C)cc(CN2CCN(c3ccccc3)CC2)c1. The Balaban J connectivity index is 0.000000431. The largest absolute Gasteiger partial charge is 0.369 e. The molecule has 3 rings (SSSR count). The van der Waals surface area contributed by atoms with Gasteiger partial charge in [0, 0.05) is 52.4 Å². The zero-order chi connectivity index (χ0) is 18.9.